The minimum absolute atomic E-state index is 0.0716. The lowest BCUT2D eigenvalue weighted by Gasteiger charge is -2.39. The second-order valence-corrected chi connectivity index (χ2v) is 8.47. The van der Waals surface area contributed by atoms with Crippen LogP contribution in [0.3, 0.4) is 0 Å². The van der Waals surface area contributed by atoms with Crippen molar-refractivity contribution in [2.24, 2.45) is 5.41 Å². The number of nitrogens with zero attached hydrogens (tertiary/aromatic N) is 3. The Kier molecular flexibility index (Phi) is 6.20. The van der Waals surface area contributed by atoms with Crippen molar-refractivity contribution in [1.82, 2.24) is 14.8 Å². The molecule has 7 nitrogen and oxygen atoms in total. The summed E-state index contributed by atoms with van der Waals surface area (Å²) < 4.78 is 5.21. The topological polar surface area (TPSA) is 83.7 Å². The summed E-state index contributed by atoms with van der Waals surface area (Å²) in [7, 11) is 1.75. The van der Waals surface area contributed by atoms with Gasteiger partial charge in [0, 0.05) is 45.7 Å². The third kappa shape index (κ3) is 4.57. The van der Waals surface area contributed by atoms with E-state index in [1.54, 1.807) is 19.5 Å². The van der Waals surface area contributed by atoms with Crippen LogP contribution in [0.15, 0.2) is 42.7 Å². The molecule has 2 aliphatic heterocycles. The molecule has 0 atom stereocenters. The van der Waals surface area contributed by atoms with E-state index in [0.717, 1.165) is 63.3 Å². The van der Waals surface area contributed by atoms with Crippen LogP contribution in [0.4, 0.5) is 16.2 Å². The molecule has 30 heavy (non-hydrogen) atoms. The van der Waals surface area contributed by atoms with Crippen molar-refractivity contribution in [2.75, 3.05) is 57.5 Å². The number of amides is 2. The zero-order valence-electron chi connectivity index (χ0n) is 17.6. The van der Waals surface area contributed by atoms with Gasteiger partial charge in [0.1, 0.15) is 0 Å². The molecule has 1 spiro atoms. The first-order chi connectivity index (χ1) is 14.6. The normalized spacial score (nSPS) is 18.6. The molecule has 1 aromatic heterocycles. The average molecular weight is 410 g/mol. The van der Waals surface area contributed by atoms with E-state index >= 15 is 0 Å². The van der Waals surface area contributed by atoms with Crippen LogP contribution < -0.4 is 11.1 Å². The standard InChI is InChI=1S/C23H31N5O2/c1-30-15-14-27-11-6-23(17-27)7-12-28(13-8-23)22(29)26-21-16-19(2-3-20(21)24)18-4-9-25-10-5-18/h2-5,9-10,16H,6-8,11-15,17,24H2,1H3,(H,26,29). The summed E-state index contributed by atoms with van der Waals surface area (Å²) in [5, 5.41) is 3.03. The summed E-state index contributed by atoms with van der Waals surface area (Å²) in [4.78, 5) is 21.4. The predicted octanol–water partition coefficient (Wildman–Crippen LogP) is 3.30. The molecule has 2 aromatic rings. The quantitative estimate of drug-likeness (QED) is 0.741. The van der Waals surface area contributed by atoms with Gasteiger partial charge in [-0.05, 0) is 66.6 Å². The second-order valence-electron chi connectivity index (χ2n) is 8.47. The Hall–Kier alpha value is -2.64. The van der Waals surface area contributed by atoms with Gasteiger partial charge in [0.2, 0.25) is 0 Å². The van der Waals surface area contributed by atoms with Gasteiger partial charge in [-0.2, -0.15) is 0 Å². The summed E-state index contributed by atoms with van der Waals surface area (Å²) in [6.07, 6.45) is 6.83. The van der Waals surface area contributed by atoms with Gasteiger partial charge in [-0.25, -0.2) is 4.79 Å². The molecule has 2 amide bonds. The van der Waals surface area contributed by atoms with Gasteiger partial charge >= 0.3 is 6.03 Å². The van der Waals surface area contributed by atoms with Crippen molar-refractivity contribution in [3.63, 3.8) is 0 Å². The molecule has 3 N–H and O–H groups in total. The maximum atomic E-state index is 12.9. The summed E-state index contributed by atoms with van der Waals surface area (Å²) in [6.45, 7) is 5.60. The summed E-state index contributed by atoms with van der Waals surface area (Å²) in [5.41, 5.74) is 9.75. The van der Waals surface area contributed by atoms with Gasteiger partial charge in [0.15, 0.2) is 0 Å². The summed E-state index contributed by atoms with van der Waals surface area (Å²) >= 11 is 0. The lowest BCUT2D eigenvalue weighted by molar-refractivity contribution is 0.115. The van der Waals surface area contributed by atoms with Crippen molar-refractivity contribution in [2.45, 2.75) is 19.3 Å². The zero-order valence-corrected chi connectivity index (χ0v) is 17.6. The van der Waals surface area contributed by atoms with Crippen molar-refractivity contribution in [3.8, 4) is 11.1 Å². The van der Waals surface area contributed by atoms with Crippen LogP contribution >= 0.6 is 0 Å². The van der Waals surface area contributed by atoms with E-state index in [0.29, 0.717) is 16.8 Å². The van der Waals surface area contributed by atoms with E-state index in [-0.39, 0.29) is 6.03 Å². The van der Waals surface area contributed by atoms with E-state index < -0.39 is 0 Å². The zero-order chi connectivity index (χ0) is 21.0. The van der Waals surface area contributed by atoms with Crippen molar-refractivity contribution in [1.29, 1.82) is 0 Å². The molecular weight excluding hydrogens is 378 g/mol. The molecule has 0 bridgehead atoms. The Morgan fingerprint density at radius 2 is 1.87 bits per heavy atom. The Morgan fingerprint density at radius 1 is 1.13 bits per heavy atom. The Labute approximate surface area is 178 Å². The van der Waals surface area contributed by atoms with Gasteiger partial charge < -0.3 is 25.6 Å². The number of benzene rings is 1. The first kappa shape index (κ1) is 20.6. The molecule has 2 saturated heterocycles. The lowest BCUT2D eigenvalue weighted by Crippen LogP contribution is -2.46. The molecule has 0 aliphatic carbocycles. The van der Waals surface area contributed by atoms with E-state index in [1.165, 1.54) is 6.42 Å². The van der Waals surface area contributed by atoms with Crippen LogP contribution in [0.1, 0.15) is 19.3 Å². The number of aromatic nitrogens is 1. The SMILES string of the molecule is COCCN1CCC2(CCN(C(=O)Nc3cc(-c4ccncc4)ccc3N)CC2)C1. The maximum Gasteiger partial charge on any atom is 0.321 e. The monoisotopic (exact) mass is 409 g/mol. The van der Waals surface area contributed by atoms with E-state index in [2.05, 4.69) is 15.2 Å². The van der Waals surface area contributed by atoms with E-state index in [4.69, 9.17) is 10.5 Å². The number of pyridine rings is 1. The Bertz CT molecular complexity index is 865. The van der Waals surface area contributed by atoms with Gasteiger partial charge in [0.05, 0.1) is 18.0 Å². The third-order valence-corrected chi connectivity index (χ3v) is 6.55. The molecule has 1 aromatic carbocycles. The predicted molar refractivity (Wildman–Crippen MR) is 119 cm³/mol. The number of nitrogens with one attached hydrogen (secondary N) is 1. The van der Waals surface area contributed by atoms with Crippen LogP contribution in [-0.2, 0) is 4.74 Å². The maximum absolute atomic E-state index is 12.9. The number of rotatable bonds is 5. The molecule has 0 saturated carbocycles. The number of hydrogen-bond donors (Lipinski definition) is 2. The van der Waals surface area contributed by atoms with Crippen LogP contribution in [0.25, 0.3) is 11.1 Å². The van der Waals surface area contributed by atoms with E-state index in [1.807, 2.05) is 35.2 Å². The fourth-order valence-corrected chi connectivity index (χ4v) is 4.61. The highest BCUT2D eigenvalue weighted by Crippen LogP contribution is 2.40. The van der Waals surface area contributed by atoms with Crippen LogP contribution in [-0.4, -0.2) is 67.3 Å². The molecule has 0 unspecified atom stereocenters. The first-order valence-corrected chi connectivity index (χ1v) is 10.7. The molecular formula is C23H31N5O2. The molecule has 160 valence electrons. The number of nitrogen functional groups attached to an aromatic ring is 1. The largest absolute Gasteiger partial charge is 0.397 e. The van der Waals surface area contributed by atoms with Gasteiger partial charge in [-0.15, -0.1) is 0 Å². The molecule has 4 rings (SSSR count). The summed E-state index contributed by atoms with van der Waals surface area (Å²) in [5.74, 6) is 0. The molecule has 2 aliphatic rings. The smallest absolute Gasteiger partial charge is 0.321 e. The van der Waals surface area contributed by atoms with Crippen LogP contribution in [0, 0.1) is 5.41 Å². The highest BCUT2D eigenvalue weighted by atomic mass is 16.5. The molecule has 0 radical (unpaired) electrons. The molecule has 2 fully saturated rings. The highest BCUT2D eigenvalue weighted by Gasteiger charge is 2.41. The number of methoxy groups -OCH3 is 1. The average Bonchev–Trinajstić information content (AvgIpc) is 3.17. The first-order valence-electron chi connectivity index (χ1n) is 10.7. The second kappa shape index (κ2) is 9.02. The van der Waals surface area contributed by atoms with Crippen molar-refractivity contribution >= 4 is 17.4 Å². The molecule has 7 heteroatoms. The number of urea groups is 1. The highest BCUT2D eigenvalue weighted by molar-refractivity contribution is 5.94. The number of nitrogens with two attached hydrogens (primary N) is 1. The third-order valence-electron chi connectivity index (χ3n) is 6.55. The van der Waals surface area contributed by atoms with Gasteiger partial charge in [0.25, 0.3) is 0 Å². The van der Waals surface area contributed by atoms with Crippen molar-refractivity contribution in [3.05, 3.63) is 42.7 Å². The number of carbonyl (C=O) groups is 1. The number of ether oxygens (including phenoxy) is 1. The van der Waals surface area contributed by atoms with E-state index in [9.17, 15) is 4.79 Å². The minimum atomic E-state index is -0.0716. The minimum Gasteiger partial charge on any atom is -0.397 e. The Morgan fingerprint density at radius 3 is 2.60 bits per heavy atom. The Balaban J connectivity index is 1.35. The molecule has 3 heterocycles. The lowest BCUT2D eigenvalue weighted by atomic mass is 9.78. The number of hydrogen-bond acceptors (Lipinski definition) is 5. The van der Waals surface area contributed by atoms with Crippen LogP contribution in [0.2, 0.25) is 0 Å². The number of piperidine rings is 1. The van der Waals surface area contributed by atoms with Crippen LogP contribution in [0.5, 0.6) is 0 Å². The fraction of sp³-hybridized carbons (Fsp3) is 0.478. The fourth-order valence-electron chi connectivity index (χ4n) is 4.61. The van der Waals surface area contributed by atoms with Crippen molar-refractivity contribution < 1.29 is 9.53 Å². The number of likely N-dealkylation sites (tertiary alicyclic amines) is 2. The van der Waals surface area contributed by atoms with Gasteiger partial charge in [-0.1, -0.05) is 6.07 Å². The van der Waals surface area contributed by atoms with Gasteiger partial charge in [-0.3, -0.25) is 4.98 Å². The summed E-state index contributed by atoms with van der Waals surface area (Å²) in [6, 6.07) is 9.54. The number of carbonyl (C=O) groups excluding carboxylic acids is 1. The number of anilines is 2.